The van der Waals surface area contributed by atoms with Crippen molar-refractivity contribution in [2.24, 2.45) is 0 Å². The summed E-state index contributed by atoms with van der Waals surface area (Å²) in [6, 6.07) is 9.96. The maximum Gasteiger partial charge on any atom is 0.392 e. The third kappa shape index (κ3) is 5.18. The van der Waals surface area contributed by atoms with Crippen LogP contribution in [0.2, 0.25) is 5.02 Å². The molecule has 7 nitrogen and oxygen atoms in total. The van der Waals surface area contributed by atoms with Crippen LogP contribution in [0.5, 0.6) is 6.01 Å². The lowest BCUT2D eigenvalue weighted by molar-refractivity contribution is -0.139. The van der Waals surface area contributed by atoms with Crippen LogP contribution in [0.15, 0.2) is 42.6 Å². The van der Waals surface area contributed by atoms with Crippen LogP contribution >= 0.6 is 11.6 Å². The van der Waals surface area contributed by atoms with Crippen LogP contribution in [-0.2, 0) is 0 Å². The SMILES string of the molecule is CN[C@@H]1CN(c2nc(OCCC(F)(F)F)nc3c(F)c(-c4cccc5cccc(Cl)c45)ncc23)CC[C@H]1O. The van der Waals surface area contributed by atoms with Gasteiger partial charge in [0.2, 0.25) is 0 Å². The number of nitrogens with zero attached hydrogens (tertiary/aromatic N) is 4. The molecule has 1 aliphatic rings. The van der Waals surface area contributed by atoms with Crippen molar-refractivity contribution in [3.05, 3.63) is 53.4 Å². The number of likely N-dealkylation sites (N-methyl/N-ethyl adjacent to an activating group) is 1. The number of aliphatic hydroxyl groups excluding tert-OH is 1. The number of nitrogens with one attached hydrogen (secondary N) is 1. The molecule has 0 spiro atoms. The smallest absolute Gasteiger partial charge is 0.392 e. The molecule has 0 bridgehead atoms. The molecule has 2 aromatic heterocycles. The van der Waals surface area contributed by atoms with Crippen LogP contribution in [0.1, 0.15) is 12.8 Å². The Morgan fingerprint density at radius 1 is 1.18 bits per heavy atom. The molecule has 12 heteroatoms. The van der Waals surface area contributed by atoms with Crippen molar-refractivity contribution in [2.75, 3.05) is 31.6 Å². The molecule has 1 fully saturated rings. The van der Waals surface area contributed by atoms with Gasteiger partial charge in [-0.25, -0.2) is 4.39 Å². The number of hydrogen-bond acceptors (Lipinski definition) is 7. The number of aromatic nitrogens is 3. The number of hydrogen-bond donors (Lipinski definition) is 2. The molecule has 0 saturated carbocycles. The monoisotopic (exact) mass is 549 g/mol. The molecule has 0 radical (unpaired) electrons. The van der Waals surface area contributed by atoms with Crippen molar-refractivity contribution in [2.45, 2.75) is 31.2 Å². The van der Waals surface area contributed by atoms with E-state index in [0.717, 1.165) is 5.39 Å². The zero-order chi connectivity index (χ0) is 27.0. The highest BCUT2D eigenvalue weighted by Gasteiger charge is 2.31. The van der Waals surface area contributed by atoms with E-state index in [1.807, 2.05) is 17.0 Å². The van der Waals surface area contributed by atoms with Crippen molar-refractivity contribution in [3.8, 4) is 17.3 Å². The number of pyridine rings is 1. The summed E-state index contributed by atoms with van der Waals surface area (Å²) in [5.74, 6) is -0.514. The molecule has 0 unspecified atom stereocenters. The molecule has 200 valence electrons. The molecule has 1 saturated heterocycles. The predicted molar refractivity (Wildman–Crippen MR) is 137 cm³/mol. The molecule has 5 rings (SSSR count). The van der Waals surface area contributed by atoms with Gasteiger partial charge in [0.25, 0.3) is 0 Å². The summed E-state index contributed by atoms with van der Waals surface area (Å²) in [5, 5.41) is 15.4. The number of rotatable bonds is 6. The molecule has 1 aliphatic heterocycles. The number of anilines is 1. The predicted octanol–water partition coefficient (Wildman–Crippen LogP) is 5.13. The first-order valence-electron chi connectivity index (χ1n) is 12.0. The summed E-state index contributed by atoms with van der Waals surface area (Å²) in [7, 11) is 1.71. The fraction of sp³-hybridized carbons (Fsp3) is 0.346. The molecule has 0 aliphatic carbocycles. The summed E-state index contributed by atoms with van der Waals surface area (Å²) in [4.78, 5) is 14.7. The van der Waals surface area contributed by atoms with Crippen LogP contribution in [0, 0.1) is 5.82 Å². The lowest BCUT2D eigenvalue weighted by Gasteiger charge is -2.37. The minimum Gasteiger partial charge on any atom is -0.463 e. The van der Waals surface area contributed by atoms with Crippen molar-refractivity contribution < 1.29 is 27.4 Å². The van der Waals surface area contributed by atoms with Crippen LogP contribution in [0.4, 0.5) is 23.4 Å². The van der Waals surface area contributed by atoms with Crippen molar-refractivity contribution in [3.63, 3.8) is 0 Å². The second-order valence-corrected chi connectivity index (χ2v) is 9.47. The van der Waals surface area contributed by atoms with Gasteiger partial charge in [-0.3, -0.25) is 4.98 Å². The lowest BCUT2D eigenvalue weighted by Crippen LogP contribution is -2.53. The topological polar surface area (TPSA) is 83.4 Å². The molecule has 2 aromatic carbocycles. The summed E-state index contributed by atoms with van der Waals surface area (Å²) < 4.78 is 59.6. The van der Waals surface area contributed by atoms with Gasteiger partial charge in [0.15, 0.2) is 5.82 Å². The third-order valence-corrected chi connectivity index (χ3v) is 6.93. The molecule has 38 heavy (non-hydrogen) atoms. The Kier molecular flexibility index (Phi) is 7.26. The number of piperidine rings is 1. The highest BCUT2D eigenvalue weighted by atomic mass is 35.5. The van der Waals surface area contributed by atoms with Crippen LogP contribution in [0.3, 0.4) is 0 Å². The lowest BCUT2D eigenvalue weighted by atomic mass is 10.0. The zero-order valence-corrected chi connectivity index (χ0v) is 21.0. The maximum absolute atomic E-state index is 16.2. The van der Waals surface area contributed by atoms with E-state index in [0.29, 0.717) is 35.5 Å². The van der Waals surface area contributed by atoms with E-state index in [9.17, 15) is 18.3 Å². The van der Waals surface area contributed by atoms with E-state index < -0.39 is 31.1 Å². The average Bonchev–Trinajstić information content (AvgIpc) is 2.88. The number of fused-ring (bicyclic) bond motifs is 2. The summed E-state index contributed by atoms with van der Waals surface area (Å²) >= 11 is 6.45. The summed E-state index contributed by atoms with van der Waals surface area (Å²) in [6.45, 7) is -0.00534. The van der Waals surface area contributed by atoms with E-state index in [4.69, 9.17) is 16.3 Å². The quantitative estimate of drug-likeness (QED) is 0.323. The van der Waals surface area contributed by atoms with Crippen molar-refractivity contribution in [1.29, 1.82) is 0 Å². The van der Waals surface area contributed by atoms with Crippen LogP contribution in [-0.4, -0.2) is 65.1 Å². The number of alkyl halides is 3. The molecular formula is C26H24ClF4N5O2. The van der Waals surface area contributed by atoms with Crippen molar-refractivity contribution in [1.82, 2.24) is 20.3 Å². The number of benzene rings is 2. The van der Waals surface area contributed by atoms with E-state index in [1.165, 1.54) is 6.20 Å². The van der Waals surface area contributed by atoms with Gasteiger partial charge in [-0.15, -0.1) is 0 Å². The first-order valence-corrected chi connectivity index (χ1v) is 12.4. The Labute approximate surface area is 220 Å². The molecular weight excluding hydrogens is 526 g/mol. The minimum atomic E-state index is -4.43. The van der Waals surface area contributed by atoms with Gasteiger partial charge in [0.05, 0.1) is 24.0 Å². The molecule has 2 N–H and O–H groups in total. The minimum absolute atomic E-state index is 0.00995. The fourth-order valence-electron chi connectivity index (χ4n) is 4.68. The highest BCUT2D eigenvalue weighted by molar-refractivity contribution is 6.36. The third-order valence-electron chi connectivity index (χ3n) is 6.62. The van der Waals surface area contributed by atoms with E-state index in [1.54, 1.807) is 31.3 Å². The van der Waals surface area contributed by atoms with E-state index >= 15 is 4.39 Å². The Morgan fingerprint density at radius 3 is 2.68 bits per heavy atom. The Bertz CT molecular complexity index is 1480. The zero-order valence-electron chi connectivity index (χ0n) is 20.3. The molecule has 3 heterocycles. The van der Waals surface area contributed by atoms with E-state index in [2.05, 4.69) is 20.3 Å². The summed E-state index contributed by atoms with van der Waals surface area (Å²) in [6.07, 6.45) is -4.38. The van der Waals surface area contributed by atoms with Crippen molar-refractivity contribution >= 4 is 39.1 Å². The largest absolute Gasteiger partial charge is 0.463 e. The average molecular weight is 550 g/mol. The van der Waals surface area contributed by atoms with Gasteiger partial charge in [-0.1, -0.05) is 41.9 Å². The van der Waals surface area contributed by atoms with Gasteiger partial charge in [0.1, 0.15) is 23.6 Å². The van der Waals surface area contributed by atoms with Crippen LogP contribution < -0.4 is 15.0 Å². The number of ether oxygens (including phenoxy) is 1. The van der Waals surface area contributed by atoms with Gasteiger partial charge in [-0.05, 0) is 24.9 Å². The molecule has 2 atom stereocenters. The van der Waals surface area contributed by atoms with Gasteiger partial charge >= 0.3 is 12.2 Å². The van der Waals surface area contributed by atoms with Crippen LogP contribution in [0.25, 0.3) is 32.9 Å². The van der Waals surface area contributed by atoms with Gasteiger partial charge < -0.3 is 20.1 Å². The first kappa shape index (κ1) is 26.3. The first-order chi connectivity index (χ1) is 18.2. The fourth-order valence-corrected chi connectivity index (χ4v) is 4.97. The second-order valence-electron chi connectivity index (χ2n) is 9.07. The molecule has 4 aromatic rings. The second kappa shape index (κ2) is 10.5. The van der Waals surface area contributed by atoms with Gasteiger partial charge in [-0.2, -0.15) is 23.1 Å². The Hall–Kier alpha value is -3.28. The summed E-state index contributed by atoms with van der Waals surface area (Å²) in [5.41, 5.74) is 0.297. The highest BCUT2D eigenvalue weighted by Crippen LogP contribution is 2.37. The maximum atomic E-state index is 16.2. The number of halogens is 5. The normalized spacial score (nSPS) is 18.3. The Morgan fingerprint density at radius 2 is 1.95 bits per heavy atom. The van der Waals surface area contributed by atoms with Gasteiger partial charge in [0, 0.05) is 35.3 Å². The number of aliphatic hydroxyl groups is 1. The Balaban J connectivity index is 1.65. The molecule has 0 amide bonds. The van der Waals surface area contributed by atoms with E-state index in [-0.39, 0.29) is 34.5 Å². The standard InChI is InChI=1S/C26H24ClF4N5O2/c1-32-18-13-36(10-8-19(18)37)24-16-12-33-22(15-6-2-4-14-5-3-7-17(27)20(14)15)21(28)23(16)34-25(35-24)38-11-9-26(29,30)31/h2-7,12,18-19,32,37H,8-11,13H2,1H3/t18-,19-/m1/s1.